The number of benzene rings is 2. The molecule has 0 saturated carbocycles. The Labute approximate surface area is 145 Å². The maximum Gasteiger partial charge on any atom is 0.126 e. The van der Waals surface area contributed by atoms with E-state index in [-0.39, 0.29) is 11.8 Å². The number of hydrogen-bond donors (Lipinski definition) is 2. The van der Waals surface area contributed by atoms with Gasteiger partial charge in [-0.1, -0.05) is 41.9 Å². The van der Waals surface area contributed by atoms with E-state index in [9.17, 15) is 5.11 Å². The summed E-state index contributed by atoms with van der Waals surface area (Å²) in [7, 11) is 0. The molecule has 0 spiro atoms. The SMILES string of the molecule is C[C@H](Cc1cnc[nH]1)N=C(c1ccccc1)c1ccc(Cl)cc1O. The topological polar surface area (TPSA) is 61.3 Å². The summed E-state index contributed by atoms with van der Waals surface area (Å²) in [5.74, 6) is 0.124. The molecule has 0 radical (unpaired) electrons. The summed E-state index contributed by atoms with van der Waals surface area (Å²) in [6, 6.07) is 14.9. The molecule has 3 aromatic rings. The van der Waals surface area contributed by atoms with Gasteiger partial charge in [-0.15, -0.1) is 0 Å². The van der Waals surface area contributed by atoms with E-state index in [1.54, 1.807) is 24.7 Å². The molecule has 1 aromatic heterocycles. The van der Waals surface area contributed by atoms with Crippen LogP contribution in [0.2, 0.25) is 5.02 Å². The molecule has 0 aliphatic carbocycles. The summed E-state index contributed by atoms with van der Waals surface area (Å²) in [6.45, 7) is 2.04. The lowest BCUT2D eigenvalue weighted by molar-refractivity contribution is 0.474. The fourth-order valence-electron chi connectivity index (χ4n) is 2.58. The van der Waals surface area contributed by atoms with Gasteiger partial charge >= 0.3 is 0 Å². The van der Waals surface area contributed by atoms with Crippen molar-refractivity contribution in [1.29, 1.82) is 0 Å². The number of hydrogen-bond acceptors (Lipinski definition) is 3. The summed E-state index contributed by atoms with van der Waals surface area (Å²) >= 11 is 5.96. The highest BCUT2D eigenvalue weighted by atomic mass is 35.5. The second-order valence-electron chi connectivity index (χ2n) is 5.64. The van der Waals surface area contributed by atoms with Gasteiger partial charge in [0.05, 0.1) is 18.1 Å². The number of nitrogens with zero attached hydrogens (tertiary/aromatic N) is 2. The summed E-state index contributed by atoms with van der Waals surface area (Å²) in [5, 5.41) is 10.8. The molecule has 5 heteroatoms. The third-order valence-corrected chi connectivity index (χ3v) is 3.92. The molecule has 0 aliphatic rings. The lowest BCUT2D eigenvalue weighted by atomic mass is 10.0. The minimum atomic E-state index is 0.0238. The summed E-state index contributed by atoms with van der Waals surface area (Å²) in [5.41, 5.74) is 3.39. The average molecular weight is 340 g/mol. The molecule has 4 nitrogen and oxygen atoms in total. The van der Waals surface area contributed by atoms with Gasteiger partial charge in [0.25, 0.3) is 0 Å². The Morgan fingerprint density at radius 2 is 2.04 bits per heavy atom. The summed E-state index contributed by atoms with van der Waals surface area (Å²) in [6.07, 6.45) is 4.20. The number of halogens is 1. The van der Waals surface area contributed by atoms with Crippen LogP contribution in [0.4, 0.5) is 0 Å². The minimum Gasteiger partial charge on any atom is -0.507 e. The van der Waals surface area contributed by atoms with Crippen molar-refractivity contribution < 1.29 is 5.11 Å². The molecule has 1 atom stereocenters. The zero-order chi connectivity index (χ0) is 16.9. The van der Waals surface area contributed by atoms with Crippen LogP contribution in [0, 0.1) is 0 Å². The van der Waals surface area contributed by atoms with Crippen LogP contribution in [0.25, 0.3) is 0 Å². The fraction of sp³-hybridized carbons (Fsp3) is 0.158. The normalized spacial score (nSPS) is 13.0. The summed E-state index contributed by atoms with van der Waals surface area (Å²) in [4.78, 5) is 12.0. The first-order chi connectivity index (χ1) is 11.6. The second-order valence-corrected chi connectivity index (χ2v) is 6.07. The maximum atomic E-state index is 10.3. The third kappa shape index (κ3) is 3.84. The lowest BCUT2D eigenvalue weighted by Crippen LogP contribution is -2.11. The van der Waals surface area contributed by atoms with Crippen molar-refractivity contribution in [2.24, 2.45) is 4.99 Å². The predicted molar refractivity (Wildman–Crippen MR) is 97.0 cm³/mol. The van der Waals surface area contributed by atoms with Crippen LogP contribution in [0.5, 0.6) is 5.75 Å². The van der Waals surface area contributed by atoms with Crippen molar-refractivity contribution in [2.45, 2.75) is 19.4 Å². The quantitative estimate of drug-likeness (QED) is 0.683. The molecule has 122 valence electrons. The number of imidazole rings is 1. The number of rotatable bonds is 5. The maximum absolute atomic E-state index is 10.3. The highest BCUT2D eigenvalue weighted by molar-refractivity contribution is 6.31. The zero-order valence-corrected chi connectivity index (χ0v) is 14.0. The van der Waals surface area contributed by atoms with Gasteiger partial charge in [0, 0.05) is 34.5 Å². The first-order valence-electron chi connectivity index (χ1n) is 7.73. The van der Waals surface area contributed by atoms with Crippen LogP contribution in [0.1, 0.15) is 23.7 Å². The molecule has 24 heavy (non-hydrogen) atoms. The Bertz CT molecular complexity index is 829. The highest BCUT2D eigenvalue weighted by Crippen LogP contribution is 2.25. The second kappa shape index (κ2) is 7.32. The van der Waals surface area contributed by atoms with Crippen LogP contribution < -0.4 is 0 Å². The van der Waals surface area contributed by atoms with Crippen molar-refractivity contribution in [3.8, 4) is 5.75 Å². The minimum absolute atomic E-state index is 0.0238. The largest absolute Gasteiger partial charge is 0.507 e. The molecular weight excluding hydrogens is 322 g/mol. The Balaban J connectivity index is 2.00. The number of aliphatic imine (C=N–C) groups is 1. The van der Waals surface area contributed by atoms with Crippen molar-refractivity contribution in [3.63, 3.8) is 0 Å². The van der Waals surface area contributed by atoms with Gasteiger partial charge in [0.2, 0.25) is 0 Å². The Morgan fingerprint density at radius 3 is 2.71 bits per heavy atom. The predicted octanol–water partition coefficient (Wildman–Crippen LogP) is 4.24. The molecule has 0 amide bonds. The lowest BCUT2D eigenvalue weighted by Gasteiger charge is -2.13. The number of aromatic hydroxyl groups is 1. The molecule has 0 fully saturated rings. The molecule has 0 saturated heterocycles. The van der Waals surface area contributed by atoms with E-state index in [4.69, 9.17) is 16.6 Å². The molecule has 2 N–H and O–H groups in total. The van der Waals surface area contributed by atoms with Gasteiger partial charge in [-0.25, -0.2) is 4.98 Å². The van der Waals surface area contributed by atoms with Crippen LogP contribution in [0.3, 0.4) is 0 Å². The van der Waals surface area contributed by atoms with E-state index in [1.165, 1.54) is 6.07 Å². The van der Waals surface area contributed by atoms with E-state index in [0.717, 1.165) is 23.4 Å². The van der Waals surface area contributed by atoms with Crippen molar-refractivity contribution >= 4 is 17.3 Å². The standard InChI is InChI=1S/C19H18ClN3O/c1-13(9-16-11-21-12-22-16)23-19(14-5-3-2-4-6-14)17-8-7-15(20)10-18(17)24/h2-8,10-13,24H,9H2,1H3,(H,21,22)/t13-/m1/s1. The number of aromatic amines is 1. The van der Waals surface area contributed by atoms with Crippen LogP contribution in [-0.4, -0.2) is 26.8 Å². The first kappa shape index (κ1) is 16.3. The van der Waals surface area contributed by atoms with Gasteiger partial charge in [-0.2, -0.15) is 0 Å². The number of aromatic nitrogens is 2. The van der Waals surface area contributed by atoms with Crippen molar-refractivity contribution in [3.05, 3.63) is 82.9 Å². The van der Waals surface area contributed by atoms with E-state index >= 15 is 0 Å². The van der Waals surface area contributed by atoms with Gasteiger partial charge in [-0.3, -0.25) is 4.99 Å². The van der Waals surface area contributed by atoms with Gasteiger partial charge in [-0.05, 0) is 25.1 Å². The van der Waals surface area contributed by atoms with E-state index in [0.29, 0.717) is 10.6 Å². The van der Waals surface area contributed by atoms with Crippen LogP contribution >= 0.6 is 11.6 Å². The van der Waals surface area contributed by atoms with E-state index in [1.807, 2.05) is 37.3 Å². The zero-order valence-electron chi connectivity index (χ0n) is 13.3. The summed E-state index contributed by atoms with van der Waals surface area (Å²) < 4.78 is 0. The van der Waals surface area contributed by atoms with Crippen LogP contribution in [-0.2, 0) is 6.42 Å². The van der Waals surface area contributed by atoms with E-state index in [2.05, 4.69) is 9.97 Å². The average Bonchev–Trinajstić information content (AvgIpc) is 3.07. The molecule has 3 rings (SSSR count). The smallest absolute Gasteiger partial charge is 0.126 e. The van der Waals surface area contributed by atoms with Crippen molar-refractivity contribution in [1.82, 2.24) is 9.97 Å². The third-order valence-electron chi connectivity index (χ3n) is 3.68. The molecule has 2 aromatic carbocycles. The van der Waals surface area contributed by atoms with E-state index < -0.39 is 0 Å². The number of nitrogens with one attached hydrogen (secondary N) is 1. The molecule has 1 heterocycles. The fourth-order valence-corrected chi connectivity index (χ4v) is 2.75. The van der Waals surface area contributed by atoms with Crippen molar-refractivity contribution in [2.75, 3.05) is 0 Å². The number of H-pyrrole nitrogens is 1. The Kier molecular flexibility index (Phi) is 4.96. The molecular formula is C19H18ClN3O. The number of phenolic OH excluding ortho intramolecular Hbond substituents is 1. The Hall–Kier alpha value is -2.59. The molecule has 0 bridgehead atoms. The number of phenols is 1. The Morgan fingerprint density at radius 1 is 1.25 bits per heavy atom. The van der Waals surface area contributed by atoms with Gasteiger partial charge < -0.3 is 10.1 Å². The monoisotopic (exact) mass is 339 g/mol. The molecule has 0 unspecified atom stereocenters. The van der Waals surface area contributed by atoms with Gasteiger partial charge in [0.1, 0.15) is 5.75 Å². The first-order valence-corrected chi connectivity index (χ1v) is 8.10. The molecule has 0 aliphatic heterocycles. The van der Waals surface area contributed by atoms with Crippen LogP contribution in [0.15, 0.2) is 66.0 Å². The van der Waals surface area contributed by atoms with Gasteiger partial charge in [0.15, 0.2) is 0 Å². The highest BCUT2D eigenvalue weighted by Gasteiger charge is 2.14.